The summed E-state index contributed by atoms with van der Waals surface area (Å²) in [5.41, 5.74) is 0.0783. The smallest absolute Gasteiger partial charge is 0.225 e. The van der Waals surface area contributed by atoms with E-state index in [0.717, 1.165) is 25.9 Å². The lowest BCUT2D eigenvalue weighted by Gasteiger charge is -2.55. The van der Waals surface area contributed by atoms with Crippen molar-refractivity contribution in [3.8, 4) is 0 Å². The summed E-state index contributed by atoms with van der Waals surface area (Å²) in [5, 5.41) is 0. The fraction of sp³-hybridized carbons (Fsp3) is 0.923. The third-order valence-corrected chi connectivity index (χ3v) is 4.27. The highest BCUT2D eigenvalue weighted by atomic mass is 16.7. The summed E-state index contributed by atoms with van der Waals surface area (Å²) in [6.45, 7) is 6.95. The van der Waals surface area contributed by atoms with Gasteiger partial charge >= 0.3 is 0 Å². The third-order valence-electron chi connectivity index (χ3n) is 4.27. The van der Waals surface area contributed by atoms with Crippen molar-refractivity contribution in [3.63, 3.8) is 0 Å². The van der Waals surface area contributed by atoms with E-state index in [0.29, 0.717) is 25.0 Å². The van der Waals surface area contributed by atoms with Crippen LogP contribution in [-0.4, -0.2) is 42.9 Å². The van der Waals surface area contributed by atoms with E-state index in [1.807, 2.05) is 18.7 Å². The van der Waals surface area contributed by atoms with Gasteiger partial charge in [-0.25, -0.2) is 0 Å². The Bertz CT molecular complexity index is 318. The summed E-state index contributed by atoms with van der Waals surface area (Å²) in [4.78, 5) is 14.0. The van der Waals surface area contributed by atoms with Gasteiger partial charge in [-0.3, -0.25) is 4.79 Å². The molecule has 4 heteroatoms. The van der Waals surface area contributed by atoms with Gasteiger partial charge in [0.1, 0.15) is 0 Å². The monoisotopic (exact) mass is 239 g/mol. The highest BCUT2D eigenvalue weighted by Gasteiger charge is 2.51. The van der Waals surface area contributed by atoms with Crippen LogP contribution < -0.4 is 0 Å². The second-order valence-electron chi connectivity index (χ2n) is 6.30. The fourth-order valence-electron chi connectivity index (χ4n) is 2.75. The van der Waals surface area contributed by atoms with Crippen molar-refractivity contribution in [2.45, 2.75) is 38.9 Å². The van der Waals surface area contributed by atoms with Gasteiger partial charge in [-0.2, -0.15) is 0 Å². The van der Waals surface area contributed by atoms with Gasteiger partial charge in [0, 0.05) is 19.0 Å². The average Bonchev–Trinajstić information content (AvgIpc) is 2.12. The molecular weight excluding hydrogens is 218 g/mol. The molecule has 0 bridgehead atoms. The summed E-state index contributed by atoms with van der Waals surface area (Å²) in [6.07, 6.45) is 3.39. The SMILES string of the molecule is CC1(C)OCC2(CO1)CN(C(=O)C1CCC1)C2. The van der Waals surface area contributed by atoms with Gasteiger partial charge in [-0.05, 0) is 26.7 Å². The van der Waals surface area contributed by atoms with Crippen LogP contribution >= 0.6 is 0 Å². The Morgan fingerprint density at radius 3 is 2.24 bits per heavy atom. The van der Waals surface area contributed by atoms with Crippen LogP contribution in [0.3, 0.4) is 0 Å². The van der Waals surface area contributed by atoms with E-state index >= 15 is 0 Å². The molecule has 17 heavy (non-hydrogen) atoms. The van der Waals surface area contributed by atoms with Crippen molar-refractivity contribution < 1.29 is 14.3 Å². The van der Waals surface area contributed by atoms with E-state index in [9.17, 15) is 4.79 Å². The van der Waals surface area contributed by atoms with E-state index in [1.54, 1.807) is 0 Å². The molecule has 2 saturated heterocycles. The third kappa shape index (κ3) is 1.97. The van der Waals surface area contributed by atoms with Crippen molar-refractivity contribution in [1.29, 1.82) is 0 Å². The van der Waals surface area contributed by atoms with Crippen molar-refractivity contribution in [2.24, 2.45) is 11.3 Å². The molecule has 96 valence electrons. The minimum atomic E-state index is -0.455. The number of carbonyl (C=O) groups is 1. The lowest BCUT2D eigenvalue weighted by Crippen LogP contribution is -2.66. The Morgan fingerprint density at radius 2 is 1.76 bits per heavy atom. The molecule has 1 spiro atoms. The predicted octanol–water partition coefficient (Wildman–Crippen LogP) is 1.40. The molecule has 1 aliphatic carbocycles. The first kappa shape index (κ1) is 11.5. The molecule has 0 aromatic heterocycles. The maximum Gasteiger partial charge on any atom is 0.225 e. The van der Waals surface area contributed by atoms with Gasteiger partial charge in [0.2, 0.25) is 5.91 Å². The number of carbonyl (C=O) groups excluding carboxylic acids is 1. The van der Waals surface area contributed by atoms with Crippen molar-refractivity contribution in [2.75, 3.05) is 26.3 Å². The number of amides is 1. The Kier molecular flexibility index (Phi) is 2.49. The van der Waals surface area contributed by atoms with Crippen molar-refractivity contribution in [3.05, 3.63) is 0 Å². The number of likely N-dealkylation sites (tertiary alicyclic amines) is 1. The molecule has 2 heterocycles. The first-order chi connectivity index (χ1) is 8.00. The first-order valence-corrected chi connectivity index (χ1v) is 6.57. The van der Waals surface area contributed by atoms with Crippen LogP contribution in [0.15, 0.2) is 0 Å². The molecule has 0 aromatic carbocycles. The van der Waals surface area contributed by atoms with Gasteiger partial charge in [0.05, 0.1) is 18.6 Å². The number of hydrogen-bond donors (Lipinski definition) is 0. The summed E-state index contributed by atoms with van der Waals surface area (Å²) in [6, 6.07) is 0. The minimum Gasteiger partial charge on any atom is -0.350 e. The van der Waals surface area contributed by atoms with Gasteiger partial charge in [0.15, 0.2) is 5.79 Å². The largest absolute Gasteiger partial charge is 0.350 e. The first-order valence-electron chi connectivity index (χ1n) is 6.57. The molecule has 3 aliphatic rings. The molecule has 3 fully saturated rings. The summed E-state index contributed by atoms with van der Waals surface area (Å²) >= 11 is 0. The Morgan fingerprint density at radius 1 is 1.18 bits per heavy atom. The van der Waals surface area contributed by atoms with Gasteiger partial charge < -0.3 is 14.4 Å². The molecule has 0 aromatic rings. The number of hydrogen-bond acceptors (Lipinski definition) is 3. The highest BCUT2D eigenvalue weighted by molar-refractivity contribution is 5.80. The molecule has 3 rings (SSSR count). The van der Waals surface area contributed by atoms with Gasteiger partial charge in [-0.15, -0.1) is 0 Å². The average molecular weight is 239 g/mol. The zero-order chi connectivity index (χ0) is 12.1. The van der Waals surface area contributed by atoms with E-state index in [-0.39, 0.29) is 5.41 Å². The lowest BCUT2D eigenvalue weighted by molar-refractivity contribution is -0.303. The predicted molar refractivity (Wildman–Crippen MR) is 62.3 cm³/mol. The van der Waals surface area contributed by atoms with Gasteiger partial charge in [0.25, 0.3) is 0 Å². The zero-order valence-electron chi connectivity index (χ0n) is 10.7. The van der Waals surface area contributed by atoms with Gasteiger partial charge in [-0.1, -0.05) is 6.42 Å². The quantitative estimate of drug-likeness (QED) is 0.694. The summed E-state index contributed by atoms with van der Waals surface area (Å²) < 4.78 is 11.4. The molecule has 2 aliphatic heterocycles. The standard InChI is InChI=1S/C13H21NO3/c1-12(2)16-8-13(9-17-12)6-14(7-13)11(15)10-4-3-5-10/h10H,3-9H2,1-2H3. The van der Waals surface area contributed by atoms with Crippen molar-refractivity contribution >= 4 is 5.91 Å². The number of rotatable bonds is 1. The molecular formula is C13H21NO3. The number of ether oxygens (including phenoxy) is 2. The highest BCUT2D eigenvalue weighted by Crippen LogP contribution is 2.40. The number of nitrogens with zero attached hydrogens (tertiary/aromatic N) is 1. The minimum absolute atomic E-state index is 0.0783. The Balaban J connectivity index is 1.52. The fourth-order valence-corrected chi connectivity index (χ4v) is 2.75. The maximum atomic E-state index is 12.0. The topological polar surface area (TPSA) is 38.8 Å². The van der Waals surface area contributed by atoms with Crippen LogP contribution in [-0.2, 0) is 14.3 Å². The van der Waals surface area contributed by atoms with Crippen LogP contribution in [0.5, 0.6) is 0 Å². The zero-order valence-corrected chi connectivity index (χ0v) is 10.7. The molecule has 0 atom stereocenters. The normalized spacial score (nSPS) is 30.8. The van der Waals surface area contributed by atoms with E-state index in [4.69, 9.17) is 9.47 Å². The lowest BCUT2D eigenvalue weighted by atomic mass is 9.77. The molecule has 0 unspecified atom stereocenters. The molecule has 0 radical (unpaired) electrons. The second-order valence-corrected chi connectivity index (χ2v) is 6.30. The van der Waals surface area contributed by atoms with E-state index in [2.05, 4.69) is 0 Å². The summed E-state index contributed by atoms with van der Waals surface area (Å²) in [7, 11) is 0. The van der Waals surface area contributed by atoms with Crippen LogP contribution in [0, 0.1) is 11.3 Å². The van der Waals surface area contributed by atoms with E-state index in [1.165, 1.54) is 6.42 Å². The molecule has 4 nitrogen and oxygen atoms in total. The summed E-state index contributed by atoms with van der Waals surface area (Å²) in [5.74, 6) is 0.213. The van der Waals surface area contributed by atoms with Crippen LogP contribution in [0.1, 0.15) is 33.1 Å². The van der Waals surface area contributed by atoms with Crippen LogP contribution in [0.2, 0.25) is 0 Å². The second kappa shape index (κ2) is 3.69. The van der Waals surface area contributed by atoms with E-state index < -0.39 is 5.79 Å². The maximum absolute atomic E-state index is 12.0. The molecule has 1 amide bonds. The molecule has 1 saturated carbocycles. The Hall–Kier alpha value is -0.610. The Labute approximate surface area is 102 Å². The molecule has 0 N–H and O–H groups in total. The van der Waals surface area contributed by atoms with Crippen molar-refractivity contribution in [1.82, 2.24) is 4.90 Å². The van der Waals surface area contributed by atoms with Crippen LogP contribution in [0.4, 0.5) is 0 Å². The van der Waals surface area contributed by atoms with Crippen LogP contribution in [0.25, 0.3) is 0 Å².